The molecule has 0 atom stereocenters. The lowest BCUT2D eigenvalue weighted by atomic mass is 10.2. The highest BCUT2D eigenvalue weighted by Crippen LogP contribution is 2.09. The van der Waals surface area contributed by atoms with E-state index in [4.69, 9.17) is 12.2 Å². The fourth-order valence-electron chi connectivity index (χ4n) is 1.62. The Hall–Kier alpha value is -1.99. The number of nitrogens with one attached hydrogen (secondary N) is 3. The number of carbonyl (C=O) groups excluding carboxylic acids is 1. The zero-order valence-corrected chi connectivity index (χ0v) is 13.4. The third-order valence-electron chi connectivity index (χ3n) is 2.63. The number of thiocarbonyl (C=S) groups is 1. The summed E-state index contributed by atoms with van der Waals surface area (Å²) >= 11 is 6.63. The standard InChI is InChI=1S/C14H16N4OS2/c1-9-3-5-11(6-4-9)16-14(20)18-17-13(19)7-12-8-21-10(2)15-12/h3-6,8H,7H2,1-2H3,(H,17,19)(H2,16,18,20). The van der Waals surface area contributed by atoms with Crippen LogP contribution in [0.15, 0.2) is 29.6 Å². The summed E-state index contributed by atoms with van der Waals surface area (Å²) in [4.78, 5) is 16.0. The molecule has 1 amide bonds. The van der Waals surface area contributed by atoms with Crippen LogP contribution in [0.3, 0.4) is 0 Å². The van der Waals surface area contributed by atoms with Crippen molar-refractivity contribution in [2.45, 2.75) is 20.3 Å². The van der Waals surface area contributed by atoms with Crippen LogP contribution in [0.4, 0.5) is 5.69 Å². The van der Waals surface area contributed by atoms with Crippen LogP contribution in [-0.2, 0) is 11.2 Å². The molecule has 5 nitrogen and oxygen atoms in total. The highest BCUT2D eigenvalue weighted by Gasteiger charge is 2.06. The minimum absolute atomic E-state index is 0.187. The van der Waals surface area contributed by atoms with Crippen molar-refractivity contribution in [3.63, 3.8) is 0 Å². The summed E-state index contributed by atoms with van der Waals surface area (Å²) in [5, 5.41) is 6.14. The summed E-state index contributed by atoms with van der Waals surface area (Å²) in [6.45, 7) is 3.92. The zero-order chi connectivity index (χ0) is 15.2. The molecular weight excluding hydrogens is 304 g/mol. The smallest absolute Gasteiger partial charge is 0.244 e. The number of carbonyl (C=O) groups is 1. The Labute approximate surface area is 132 Å². The van der Waals surface area contributed by atoms with Crippen LogP contribution in [0, 0.1) is 13.8 Å². The number of thiazole rings is 1. The maximum absolute atomic E-state index is 11.7. The number of aromatic nitrogens is 1. The van der Waals surface area contributed by atoms with Gasteiger partial charge in [0.1, 0.15) is 0 Å². The maximum Gasteiger partial charge on any atom is 0.244 e. The molecule has 0 spiro atoms. The topological polar surface area (TPSA) is 66.0 Å². The number of anilines is 1. The van der Waals surface area contributed by atoms with Gasteiger partial charge in [-0.3, -0.25) is 15.6 Å². The summed E-state index contributed by atoms with van der Waals surface area (Å²) in [6.07, 6.45) is 0.227. The van der Waals surface area contributed by atoms with E-state index in [0.29, 0.717) is 5.11 Å². The number of benzene rings is 1. The van der Waals surface area contributed by atoms with Gasteiger partial charge in [-0.15, -0.1) is 11.3 Å². The molecule has 0 saturated heterocycles. The molecule has 3 N–H and O–H groups in total. The Kier molecular flexibility index (Phi) is 5.24. The Balaban J connectivity index is 1.75. The van der Waals surface area contributed by atoms with Gasteiger partial charge in [0.25, 0.3) is 0 Å². The van der Waals surface area contributed by atoms with Gasteiger partial charge in [-0.25, -0.2) is 4.98 Å². The van der Waals surface area contributed by atoms with Crippen LogP contribution < -0.4 is 16.2 Å². The molecule has 0 saturated carbocycles. The summed E-state index contributed by atoms with van der Waals surface area (Å²) in [6, 6.07) is 7.80. The van der Waals surface area contributed by atoms with Crippen LogP contribution in [-0.4, -0.2) is 16.0 Å². The predicted octanol–water partition coefficient (Wildman–Crippen LogP) is 2.32. The molecule has 7 heteroatoms. The van der Waals surface area contributed by atoms with Crippen LogP contribution in [0.25, 0.3) is 0 Å². The SMILES string of the molecule is Cc1ccc(NC(=S)NNC(=O)Cc2csc(C)n2)cc1. The van der Waals surface area contributed by atoms with Gasteiger partial charge in [0.15, 0.2) is 5.11 Å². The van der Waals surface area contributed by atoms with E-state index >= 15 is 0 Å². The highest BCUT2D eigenvalue weighted by molar-refractivity contribution is 7.80. The Bertz CT molecular complexity index is 637. The van der Waals surface area contributed by atoms with E-state index in [-0.39, 0.29) is 12.3 Å². The molecule has 2 aromatic rings. The van der Waals surface area contributed by atoms with Crippen molar-refractivity contribution >= 4 is 40.3 Å². The van der Waals surface area contributed by atoms with Crippen molar-refractivity contribution in [1.82, 2.24) is 15.8 Å². The van der Waals surface area contributed by atoms with Crippen molar-refractivity contribution in [3.8, 4) is 0 Å². The van der Waals surface area contributed by atoms with Crippen LogP contribution in [0.5, 0.6) is 0 Å². The molecule has 1 aromatic carbocycles. The third kappa shape index (κ3) is 5.13. The van der Waals surface area contributed by atoms with Gasteiger partial charge < -0.3 is 5.32 Å². The normalized spacial score (nSPS) is 10.0. The number of hydrogen-bond acceptors (Lipinski definition) is 4. The fourth-order valence-corrected chi connectivity index (χ4v) is 2.41. The second kappa shape index (κ2) is 7.14. The number of hydrogen-bond donors (Lipinski definition) is 3. The van der Waals surface area contributed by atoms with Gasteiger partial charge in [-0.1, -0.05) is 17.7 Å². The van der Waals surface area contributed by atoms with Crippen molar-refractivity contribution in [3.05, 3.63) is 45.9 Å². The number of aryl methyl sites for hydroxylation is 2. The average molecular weight is 320 g/mol. The minimum atomic E-state index is -0.187. The first kappa shape index (κ1) is 15.4. The van der Waals surface area contributed by atoms with Gasteiger partial charge in [-0.2, -0.15) is 0 Å². The van der Waals surface area contributed by atoms with E-state index in [2.05, 4.69) is 21.2 Å². The second-order valence-electron chi connectivity index (χ2n) is 4.53. The lowest BCUT2D eigenvalue weighted by Crippen LogP contribution is -2.44. The summed E-state index contributed by atoms with van der Waals surface area (Å²) in [5.74, 6) is -0.187. The Morgan fingerprint density at radius 2 is 1.95 bits per heavy atom. The minimum Gasteiger partial charge on any atom is -0.331 e. The molecule has 2 rings (SSSR count). The van der Waals surface area contributed by atoms with Crippen molar-refractivity contribution in [2.24, 2.45) is 0 Å². The predicted molar refractivity (Wildman–Crippen MR) is 89.2 cm³/mol. The van der Waals surface area contributed by atoms with Gasteiger partial charge in [0.05, 0.1) is 17.1 Å². The van der Waals surface area contributed by atoms with E-state index in [1.807, 2.05) is 43.5 Å². The molecule has 0 aliphatic heterocycles. The van der Waals surface area contributed by atoms with Gasteiger partial charge in [0.2, 0.25) is 5.91 Å². The largest absolute Gasteiger partial charge is 0.331 e. The first-order valence-corrected chi connectivity index (χ1v) is 7.65. The maximum atomic E-state index is 11.7. The number of nitrogens with zero attached hydrogens (tertiary/aromatic N) is 1. The molecular formula is C14H16N4OS2. The lowest BCUT2D eigenvalue weighted by Gasteiger charge is -2.11. The third-order valence-corrected chi connectivity index (χ3v) is 3.66. The van der Waals surface area contributed by atoms with Crippen LogP contribution >= 0.6 is 23.6 Å². The molecule has 0 radical (unpaired) electrons. The highest BCUT2D eigenvalue weighted by atomic mass is 32.1. The lowest BCUT2D eigenvalue weighted by molar-refractivity contribution is -0.121. The molecule has 110 valence electrons. The number of amides is 1. The molecule has 1 aromatic heterocycles. The van der Waals surface area contributed by atoms with E-state index in [1.54, 1.807) is 0 Å². The zero-order valence-electron chi connectivity index (χ0n) is 11.8. The quantitative estimate of drug-likeness (QED) is 0.598. The first-order chi connectivity index (χ1) is 10.0. The Morgan fingerprint density at radius 3 is 2.57 bits per heavy atom. The summed E-state index contributed by atoms with van der Waals surface area (Å²) in [5.41, 5.74) is 8.01. The second-order valence-corrected chi connectivity index (χ2v) is 6.00. The van der Waals surface area contributed by atoms with E-state index in [9.17, 15) is 4.79 Å². The van der Waals surface area contributed by atoms with E-state index < -0.39 is 0 Å². The average Bonchev–Trinajstić information content (AvgIpc) is 2.84. The molecule has 21 heavy (non-hydrogen) atoms. The molecule has 0 bridgehead atoms. The molecule has 0 aliphatic rings. The van der Waals surface area contributed by atoms with E-state index in [1.165, 1.54) is 16.9 Å². The molecule has 0 fully saturated rings. The Morgan fingerprint density at radius 1 is 1.24 bits per heavy atom. The first-order valence-electron chi connectivity index (χ1n) is 6.36. The van der Waals surface area contributed by atoms with Crippen molar-refractivity contribution < 1.29 is 4.79 Å². The van der Waals surface area contributed by atoms with Crippen molar-refractivity contribution in [1.29, 1.82) is 0 Å². The summed E-state index contributed by atoms with van der Waals surface area (Å²) < 4.78 is 0. The number of rotatable bonds is 3. The van der Waals surface area contributed by atoms with Gasteiger partial charge >= 0.3 is 0 Å². The van der Waals surface area contributed by atoms with Crippen molar-refractivity contribution in [2.75, 3.05) is 5.32 Å². The van der Waals surface area contributed by atoms with Crippen LogP contribution in [0.1, 0.15) is 16.3 Å². The molecule has 1 heterocycles. The van der Waals surface area contributed by atoms with E-state index in [0.717, 1.165) is 16.4 Å². The molecule has 0 unspecified atom stereocenters. The molecule has 0 aliphatic carbocycles. The van der Waals surface area contributed by atoms with Gasteiger partial charge in [0, 0.05) is 11.1 Å². The number of hydrazine groups is 1. The van der Waals surface area contributed by atoms with Crippen LogP contribution in [0.2, 0.25) is 0 Å². The summed E-state index contributed by atoms with van der Waals surface area (Å²) in [7, 11) is 0. The monoisotopic (exact) mass is 320 g/mol. The van der Waals surface area contributed by atoms with Gasteiger partial charge in [-0.05, 0) is 38.2 Å². The fraction of sp³-hybridized carbons (Fsp3) is 0.214.